The van der Waals surface area contributed by atoms with Crippen LogP contribution in [0.4, 0.5) is 5.69 Å². The highest BCUT2D eigenvalue weighted by Crippen LogP contribution is 2.43. The summed E-state index contributed by atoms with van der Waals surface area (Å²) in [6.45, 7) is 2.20. The molecule has 0 radical (unpaired) electrons. The molecule has 2 heterocycles. The fraction of sp³-hybridized carbons (Fsp3) is 0.381. The van der Waals surface area contributed by atoms with Gasteiger partial charge in [0.25, 0.3) is 0 Å². The Morgan fingerprint density at radius 3 is 2.52 bits per heavy atom. The van der Waals surface area contributed by atoms with Gasteiger partial charge in [-0.3, -0.25) is 0 Å². The molecule has 2 aliphatic rings. The summed E-state index contributed by atoms with van der Waals surface area (Å²) >= 11 is 0. The van der Waals surface area contributed by atoms with Gasteiger partial charge in [-0.25, -0.2) is 4.98 Å². The number of anilines is 1. The number of ether oxygens (including phenoxy) is 1. The van der Waals surface area contributed by atoms with E-state index in [1.807, 2.05) is 0 Å². The third-order valence-electron chi connectivity index (χ3n) is 5.87. The Kier molecular flexibility index (Phi) is 3.67. The predicted octanol–water partition coefficient (Wildman–Crippen LogP) is 4.06. The molecule has 2 aromatic carbocycles. The SMILES string of the molecule is COc1cc(-c2nc3cc(N4CCC4)ccc3n2C2CCC2)cc(O)c1O. The molecule has 5 rings (SSSR count). The highest BCUT2D eigenvalue weighted by molar-refractivity contribution is 5.85. The number of rotatable bonds is 4. The third kappa shape index (κ3) is 2.51. The number of aromatic hydroxyl groups is 2. The number of hydrogen-bond donors (Lipinski definition) is 2. The van der Waals surface area contributed by atoms with Gasteiger partial charge in [-0.15, -0.1) is 0 Å². The molecule has 0 spiro atoms. The molecular weight excluding hydrogens is 342 g/mol. The van der Waals surface area contributed by atoms with Gasteiger partial charge in [0.2, 0.25) is 5.75 Å². The minimum absolute atomic E-state index is 0.196. The normalized spacial score (nSPS) is 17.0. The Morgan fingerprint density at radius 2 is 1.89 bits per heavy atom. The van der Waals surface area contributed by atoms with Crippen molar-refractivity contribution in [3.63, 3.8) is 0 Å². The van der Waals surface area contributed by atoms with Gasteiger partial charge in [0.15, 0.2) is 11.5 Å². The van der Waals surface area contributed by atoms with E-state index in [1.54, 1.807) is 12.1 Å². The molecule has 6 nitrogen and oxygen atoms in total. The lowest BCUT2D eigenvalue weighted by molar-refractivity contribution is 0.322. The molecule has 2 fully saturated rings. The molecule has 0 atom stereocenters. The maximum Gasteiger partial charge on any atom is 0.200 e. The lowest BCUT2D eigenvalue weighted by atomic mass is 9.92. The van der Waals surface area contributed by atoms with E-state index in [0.717, 1.165) is 48.4 Å². The molecule has 140 valence electrons. The van der Waals surface area contributed by atoms with Crippen molar-refractivity contribution in [2.75, 3.05) is 25.1 Å². The smallest absolute Gasteiger partial charge is 0.200 e. The maximum absolute atomic E-state index is 10.1. The van der Waals surface area contributed by atoms with Crippen LogP contribution in [0.5, 0.6) is 17.2 Å². The molecule has 1 saturated heterocycles. The van der Waals surface area contributed by atoms with Crippen LogP contribution in [0.25, 0.3) is 22.4 Å². The minimum atomic E-state index is -0.243. The monoisotopic (exact) mass is 365 g/mol. The predicted molar refractivity (Wildman–Crippen MR) is 105 cm³/mol. The van der Waals surface area contributed by atoms with E-state index in [2.05, 4.69) is 27.7 Å². The van der Waals surface area contributed by atoms with E-state index in [9.17, 15) is 10.2 Å². The van der Waals surface area contributed by atoms with E-state index in [1.165, 1.54) is 25.6 Å². The van der Waals surface area contributed by atoms with Crippen LogP contribution in [0.3, 0.4) is 0 Å². The first-order valence-electron chi connectivity index (χ1n) is 9.53. The van der Waals surface area contributed by atoms with Crippen molar-refractivity contribution >= 4 is 16.7 Å². The average Bonchev–Trinajstić information content (AvgIpc) is 2.93. The summed E-state index contributed by atoms with van der Waals surface area (Å²) < 4.78 is 7.50. The molecule has 6 heteroatoms. The average molecular weight is 365 g/mol. The summed E-state index contributed by atoms with van der Waals surface area (Å²) in [5.41, 5.74) is 4.04. The van der Waals surface area contributed by atoms with Gasteiger partial charge in [0.05, 0.1) is 18.1 Å². The molecule has 0 unspecified atom stereocenters. The largest absolute Gasteiger partial charge is 0.504 e. The number of phenols is 2. The van der Waals surface area contributed by atoms with Gasteiger partial charge in [0.1, 0.15) is 5.82 Å². The number of fused-ring (bicyclic) bond motifs is 1. The van der Waals surface area contributed by atoms with E-state index < -0.39 is 0 Å². The highest BCUT2D eigenvalue weighted by atomic mass is 16.5. The van der Waals surface area contributed by atoms with Crippen molar-refractivity contribution in [1.29, 1.82) is 0 Å². The second-order valence-corrected chi connectivity index (χ2v) is 7.45. The Balaban J connectivity index is 1.69. The van der Waals surface area contributed by atoms with E-state index >= 15 is 0 Å². The van der Waals surface area contributed by atoms with E-state index in [0.29, 0.717) is 6.04 Å². The van der Waals surface area contributed by atoms with Crippen LogP contribution in [-0.2, 0) is 0 Å². The Labute approximate surface area is 157 Å². The van der Waals surface area contributed by atoms with E-state index in [4.69, 9.17) is 9.72 Å². The molecule has 1 aliphatic carbocycles. The molecule has 1 aliphatic heterocycles. The number of aromatic nitrogens is 2. The minimum Gasteiger partial charge on any atom is -0.504 e. The first-order valence-corrected chi connectivity index (χ1v) is 9.53. The quantitative estimate of drug-likeness (QED) is 0.683. The lowest BCUT2D eigenvalue weighted by Crippen LogP contribution is -2.36. The zero-order valence-electron chi connectivity index (χ0n) is 15.4. The van der Waals surface area contributed by atoms with Crippen LogP contribution >= 0.6 is 0 Å². The van der Waals surface area contributed by atoms with Gasteiger partial charge in [-0.2, -0.15) is 0 Å². The molecule has 1 aromatic heterocycles. The molecule has 3 aromatic rings. The van der Waals surface area contributed by atoms with Crippen LogP contribution in [0.1, 0.15) is 31.7 Å². The summed E-state index contributed by atoms with van der Waals surface area (Å²) in [7, 11) is 1.48. The number of nitrogens with zero attached hydrogens (tertiary/aromatic N) is 3. The van der Waals surface area contributed by atoms with Crippen LogP contribution in [0.15, 0.2) is 30.3 Å². The molecule has 0 bridgehead atoms. The van der Waals surface area contributed by atoms with Crippen molar-refractivity contribution in [3.8, 4) is 28.6 Å². The zero-order chi connectivity index (χ0) is 18.5. The van der Waals surface area contributed by atoms with Gasteiger partial charge in [-0.05, 0) is 56.0 Å². The Bertz CT molecular complexity index is 1020. The molecule has 2 N–H and O–H groups in total. The van der Waals surface area contributed by atoms with Gasteiger partial charge in [-0.1, -0.05) is 0 Å². The second-order valence-electron chi connectivity index (χ2n) is 7.45. The van der Waals surface area contributed by atoms with Gasteiger partial charge >= 0.3 is 0 Å². The zero-order valence-corrected chi connectivity index (χ0v) is 15.4. The van der Waals surface area contributed by atoms with E-state index in [-0.39, 0.29) is 17.2 Å². The number of hydrogen-bond acceptors (Lipinski definition) is 5. The summed E-state index contributed by atoms with van der Waals surface area (Å²) in [6, 6.07) is 10.2. The summed E-state index contributed by atoms with van der Waals surface area (Å²) in [5.74, 6) is 0.619. The van der Waals surface area contributed by atoms with Crippen molar-refractivity contribution in [2.45, 2.75) is 31.7 Å². The first kappa shape index (κ1) is 16.3. The molecular formula is C21H23N3O3. The number of methoxy groups -OCH3 is 1. The molecule has 1 saturated carbocycles. The maximum atomic E-state index is 10.1. The number of phenolic OH excluding ortho intramolecular Hbond substituents is 2. The van der Waals surface area contributed by atoms with Crippen molar-refractivity contribution in [1.82, 2.24) is 9.55 Å². The second kappa shape index (κ2) is 6.08. The lowest BCUT2D eigenvalue weighted by Gasteiger charge is -2.33. The summed E-state index contributed by atoms with van der Waals surface area (Å²) in [5, 5.41) is 20.1. The topological polar surface area (TPSA) is 70.8 Å². The van der Waals surface area contributed by atoms with Crippen molar-refractivity contribution in [2.24, 2.45) is 0 Å². The summed E-state index contributed by atoms with van der Waals surface area (Å²) in [4.78, 5) is 7.28. The van der Waals surface area contributed by atoms with Crippen LogP contribution in [0.2, 0.25) is 0 Å². The highest BCUT2D eigenvalue weighted by Gasteiger charge is 2.27. The van der Waals surface area contributed by atoms with Crippen LogP contribution < -0.4 is 9.64 Å². The molecule has 27 heavy (non-hydrogen) atoms. The van der Waals surface area contributed by atoms with Crippen molar-refractivity contribution in [3.05, 3.63) is 30.3 Å². The number of imidazole rings is 1. The fourth-order valence-corrected chi connectivity index (χ4v) is 3.95. The third-order valence-corrected chi connectivity index (χ3v) is 5.87. The first-order chi connectivity index (χ1) is 13.2. The van der Waals surface area contributed by atoms with Crippen LogP contribution in [-0.4, -0.2) is 40.0 Å². The van der Waals surface area contributed by atoms with Crippen molar-refractivity contribution < 1.29 is 14.9 Å². The standard InChI is InChI=1S/C21H23N3O3/c1-27-19-11-13(10-18(25)20(19)26)21-22-16-12-15(23-8-3-9-23)6-7-17(16)24(21)14-4-2-5-14/h6-7,10-12,14,25-26H,2-5,8-9H2,1H3. The van der Waals surface area contributed by atoms with Gasteiger partial charge in [0, 0.05) is 30.4 Å². The Morgan fingerprint density at radius 1 is 1.07 bits per heavy atom. The van der Waals surface area contributed by atoms with Crippen LogP contribution in [0, 0.1) is 0 Å². The number of benzene rings is 2. The van der Waals surface area contributed by atoms with Gasteiger partial charge < -0.3 is 24.4 Å². The summed E-state index contributed by atoms with van der Waals surface area (Å²) in [6.07, 6.45) is 4.73. The molecule has 0 amide bonds. The fourth-order valence-electron chi connectivity index (χ4n) is 3.95. The Hall–Kier alpha value is -2.89.